The summed E-state index contributed by atoms with van der Waals surface area (Å²) < 4.78 is 0. The average Bonchev–Trinajstić information content (AvgIpc) is 2.99. The number of nitrogens with one attached hydrogen (secondary N) is 3. The molecule has 3 N–H and O–H groups in total. The zero-order valence-corrected chi connectivity index (χ0v) is 15.6. The van der Waals surface area contributed by atoms with Crippen LogP contribution >= 0.6 is 11.3 Å². The number of nitrogens with zero attached hydrogens (tertiary/aromatic N) is 2. The van der Waals surface area contributed by atoms with Crippen LogP contribution in [0.5, 0.6) is 0 Å². The van der Waals surface area contributed by atoms with Gasteiger partial charge in [0.05, 0.1) is 12.2 Å². The van der Waals surface area contributed by atoms with Gasteiger partial charge in [0.25, 0.3) is 0 Å². The van der Waals surface area contributed by atoms with E-state index >= 15 is 0 Å². The maximum absolute atomic E-state index is 11.7. The lowest BCUT2D eigenvalue weighted by molar-refractivity contribution is -0.121. The number of hydrogen-bond acceptors (Lipinski definition) is 4. The van der Waals surface area contributed by atoms with Gasteiger partial charge in [-0.25, -0.2) is 4.98 Å². The van der Waals surface area contributed by atoms with E-state index in [9.17, 15) is 4.79 Å². The first-order chi connectivity index (χ1) is 11.0. The first-order valence-corrected chi connectivity index (χ1v) is 9.02. The summed E-state index contributed by atoms with van der Waals surface area (Å²) in [6.45, 7) is 9.52. The molecule has 0 aromatic carbocycles. The maximum atomic E-state index is 11.7. The molecule has 1 heterocycles. The molecule has 0 saturated carbocycles. The van der Waals surface area contributed by atoms with E-state index in [1.165, 1.54) is 0 Å². The standard InChI is InChI=1S/C16H29N5OS/c1-6-12(4)20-14(22)7-8-18-16(17-5)19-9-15-21-13(10-23-15)11(2)3/h10-12H,6-9H2,1-5H3,(H,20,22)(H2,17,18,19). The third kappa shape index (κ3) is 7.45. The minimum atomic E-state index is 0.0591. The number of carbonyl (C=O) groups excluding carboxylic acids is 1. The smallest absolute Gasteiger partial charge is 0.221 e. The van der Waals surface area contributed by atoms with E-state index in [4.69, 9.17) is 0 Å². The van der Waals surface area contributed by atoms with Gasteiger partial charge in [0.1, 0.15) is 5.01 Å². The Balaban J connectivity index is 2.30. The summed E-state index contributed by atoms with van der Waals surface area (Å²) in [6, 6.07) is 0.222. The van der Waals surface area contributed by atoms with Crippen LogP contribution in [0.4, 0.5) is 0 Å². The molecule has 23 heavy (non-hydrogen) atoms. The van der Waals surface area contributed by atoms with Crippen molar-refractivity contribution in [3.8, 4) is 0 Å². The van der Waals surface area contributed by atoms with Crippen molar-refractivity contribution in [2.75, 3.05) is 13.6 Å². The fourth-order valence-corrected chi connectivity index (χ4v) is 2.69. The third-order valence-corrected chi connectivity index (χ3v) is 4.32. The summed E-state index contributed by atoms with van der Waals surface area (Å²) in [4.78, 5) is 20.4. The predicted octanol–water partition coefficient (Wildman–Crippen LogP) is 2.24. The van der Waals surface area contributed by atoms with Crippen LogP contribution < -0.4 is 16.0 Å². The molecule has 7 heteroatoms. The molecule has 0 aliphatic rings. The largest absolute Gasteiger partial charge is 0.356 e. The van der Waals surface area contributed by atoms with Gasteiger partial charge in [0.15, 0.2) is 5.96 Å². The monoisotopic (exact) mass is 339 g/mol. The van der Waals surface area contributed by atoms with Gasteiger partial charge in [0.2, 0.25) is 5.91 Å². The normalized spacial score (nSPS) is 13.0. The van der Waals surface area contributed by atoms with Crippen LogP contribution in [0.2, 0.25) is 0 Å². The van der Waals surface area contributed by atoms with Crippen molar-refractivity contribution in [3.05, 3.63) is 16.1 Å². The van der Waals surface area contributed by atoms with Crippen LogP contribution in [-0.4, -0.2) is 36.5 Å². The van der Waals surface area contributed by atoms with Gasteiger partial charge in [-0.3, -0.25) is 9.79 Å². The lowest BCUT2D eigenvalue weighted by atomic mass is 10.2. The van der Waals surface area contributed by atoms with Crippen LogP contribution in [-0.2, 0) is 11.3 Å². The minimum Gasteiger partial charge on any atom is -0.356 e. The maximum Gasteiger partial charge on any atom is 0.221 e. The van der Waals surface area contributed by atoms with Crippen LogP contribution in [0, 0.1) is 0 Å². The van der Waals surface area contributed by atoms with Crippen molar-refractivity contribution >= 4 is 23.2 Å². The van der Waals surface area contributed by atoms with Crippen LogP contribution in [0.3, 0.4) is 0 Å². The lowest BCUT2D eigenvalue weighted by Gasteiger charge is -2.13. The van der Waals surface area contributed by atoms with Gasteiger partial charge < -0.3 is 16.0 Å². The zero-order chi connectivity index (χ0) is 17.2. The Morgan fingerprint density at radius 1 is 1.35 bits per heavy atom. The van der Waals surface area contributed by atoms with E-state index in [1.54, 1.807) is 18.4 Å². The second-order valence-corrected chi connectivity index (χ2v) is 6.74. The fourth-order valence-electron chi connectivity index (χ4n) is 1.79. The van der Waals surface area contributed by atoms with Crippen molar-refractivity contribution in [1.82, 2.24) is 20.9 Å². The van der Waals surface area contributed by atoms with E-state index < -0.39 is 0 Å². The van der Waals surface area contributed by atoms with Crippen LogP contribution in [0.15, 0.2) is 10.4 Å². The van der Waals surface area contributed by atoms with Gasteiger partial charge >= 0.3 is 0 Å². The van der Waals surface area contributed by atoms with Gasteiger partial charge in [0, 0.05) is 31.4 Å². The average molecular weight is 340 g/mol. The molecule has 130 valence electrons. The first kappa shape index (κ1) is 19.4. The van der Waals surface area contributed by atoms with Gasteiger partial charge in [-0.2, -0.15) is 0 Å². The molecular formula is C16H29N5OS. The molecule has 1 rings (SSSR count). The molecule has 1 aromatic heterocycles. The summed E-state index contributed by atoms with van der Waals surface area (Å²) in [5.41, 5.74) is 1.12. The highest BCUT2D eigenvalue weighted by Gasteiger charge is 2.08. The summed E-state index contributed by atoms with van der Waals surface area (Å²) in [6.07, 6.45) is 1.37. The number of amides is 1. The topological polar surface area (TPSA) is 78.4 Å². The molecule has 0 aliphatic carbocycles. The van der Waals surface area contributed by atoms with Gasteiger partial charge in [-0.05, 0) is 19.3 Å². The summed E-state index contributed by atoms with van der Waals surface area (Å²) >= 11 is 1.65. The fraction of sp³-hybridized carbons (Fsp3) is 0.688. The Hall–Kier alpha value is -1.63. The quantitative estimate of drug-likeness (QED) is 0.501. The predicted molar refractivity (Wildman–Crippen MR) is 96.9 cm³/mol. The van der Waals surface area contributed by atoms with E-state index in [0.717, 1.165) is 17.1 Å². The van der Waals surface area contributed by atoms with Gasteiger partial charge in [-0.1, -0.05) is 20.8 Å². The number of aliphatic imine (C=N–C) groups is 1. The molecule has 0 aliphatic heterocycles. The molecule has 1 atom stereocenters. The number of carbonyl (C=O) groups is 1. The minimum absolute atomic E-state index is 0.0591. The second kappa shape index (κ2) is 10.2. The molecule has 0 bridgehead atoms. The molecule has 6 nitrogen and oxygen atoms in total. The lowest BCUT2D eigenvalue weighted by Crippen LogP contribution is -2.40. The first-order valence-electron chi connectivity index (χ1n) is 8.14. The van der Waals surface area contributed by atoms with Crippen molar-refractivity contribution in [2.45, 2.75) is 59.0 Å². The summed E-state index contributed by atoms with van der Waals surface area (Å²) in [5, 5.41) is 12.4. The van der Waals surface area contributed by atoms with Crippen molar-refractivity contribution in [2.24, 2.45) is 4.99 Å². The Labute approximate surface area is 143 Å². The van der Waals surface area contributed by atoms with Crippen LogP contribution in [0.1, 0.15) is 57.2 Å². The van der Waals surface area contributed by atoms with Crippen molar-refractivity contribution in [1.29, 1.82) is 0 Å². The number of thiazole rings is 1. The molecule has 0 fully saturated rings. The Bertz CT molecular complexity index is 512. The van der Waals surface area contributed by atoms with E-state index in [-0.39, 0.29) is 11.9 Å². The number of rotatable bonds is 8. The molecule has 0 radical (unpaired) electrons. The summed E-state index contributed by atoms with van der Waals surface area (Å²) in [5.74, 6) is 1.19. The number of hydrogen-bond donors (Lipinski definition) is 3. The number of aromatic nitrogens is 1. The van der Waals surface area contributed by atoms with E-state index in [2.05, 4.69) is 52.1 Å². The van der Waals surface area contributed by atoms with E-state index in [1.807, 2.05) is 6.92 Å². The van der Waals surface area contributed by atoms with Gasteiger partial charge in [-0.15, -0.1) is 11.3 Å². The third-order valence-electron chi connectivity index (χ3n) is 3.46. The number of guanidine groups is 1. The second-order valence-electron chi connectivity index (χ2n) is 5.80. The summed E-state index contributed by atoms with van der Waals surface area (Å²) in [7, 11) is 1.72. The van der Waals surface area contributed by atoms with Crippen molar-refractivity contribution in [3.63, 3.8) is 0 Å². The van der Waals surface area contributed by atoms with E-state index in [0.29, 0.717) is 31.4 Å². The highest BCUT2D eigenvalue weighted by molar-refractivity contribution is 7.09. The van der Waals surface area contributed by atoms with Crippen LogP contribution in [0.25, 0.3) is 0 Å². The Morgan fingerprint density at radius 3 is 2.65 bits per heavy atom. The molecule has 1 amide bonds. The highest BCUT2D eigenvalue weighted by atomic mass is 32.1. The highest BCUT2D eigenvalue weighted by Crippen LogP contribution is 2.17. The Morgan fingerprint density at radius 2 is 2.09 bits per heavy atom. The van der Waals surface area contributed by atoms with Crippen molar-refractivity contribution < 1.29 is 4.79 Å². The SMILES string of the molecule is CCC(C)NC(=O)CCNC(=NC)NCc1nc(C(C)C)cs1. The molecule has 0 saturated heterocycles. The molecule has 1 unspecified atom stereocenters. The molecule has 1 aromatic rings. The molecular weight excluding hydrogens is 310 g/mol. The zero-order valence-electron chi connectivity index (χ0n) is 14.8. The Kier molecular flexibility index (Phi) is 8.61. The molecule has 0 spiro atoms.